The Morgan fingerprint density at radius 2 is 1.58 bits per heavy atom. The molecule has 0 aromatic carbocycles. The Morgan fingerprint density at radius 3 is 1.83 bits per heavy atom. The highest BCUT2D eigenvalue weighted by Crippen LogP contribution is 2.29. The largest absolute Gasteiger partial charge is 0.109 e. The van der Waals surface area contributed by atoms with E-state index in [0.29, 0.717) is 10.7 Å². The molecule has 0 N–H and O–H groups in total. The maximum atomic E-state index is 2.38. The molecule has 0 aromatic heterocycles. The van der Waals surface area contributed by atoms with Crippen LogP contribution in [-0.2, 0) is 0 Å². The molecule has 0 aliphatic heterocycles. The summed E-state index contributed by atoms with van der Waals surface area (Å²) in [5.41, 5.74) is 1.84. The molecule has 70 valence electrons. The molecule has 0 fully saturated rings. The topological polar surface area (TPSA) is 0 Å². The van der Waals surface area contributed by atoms with Gasteiger partial charge in [0.25, 0.3) is 0 Å². The second kappa shape index (κ2) is 3.68. The van der Waals surface area contributed by atoms with Crippen LogP contribution >= 0.6 is 0 Å². The highest BCUT2D eigenvalue weighted by molar-refractivity contribution is 6.14. The van der Waals surface area contributed by atoms with Gasteiger partial charge in [0.1, 0.15) is 7.85 Å². The van der Waals surface area contributed by atoms with E-state index in [1.807, 2.05) is 0 Å². The maximum absolute atomic E-state index is 2.38. The second-order valence-corrected chi connectivity index (χ2v) is 5.90. The van der Waals surface area contributed by atoms with Crippen LogP contribution in [0.5, 0.6) is 0 Å². The molecule has 0 amide bonds. The van der Waals surface area contributed by atoms with Gasteiger partial charge in [0.15, 0.2) is 0 Å². The molecule has 12 heavy (non-hydrogen) atoms. The van der Waals surface area contributed by atoms with E-state index in [1.54, 1.807) is 0 Å². The first-order valence-electron chi connectivity index (χ1n) is 4.80. The number of hydrogen-bond donors (Lipinski definition) is 0. The van der Waals surface area contributed by atoms with Crippen LogP contribution in [0.2, 0.25) is 5.31 Å². The van der Waals surface area contributed by atoms with Gasteiger partial charge >= 0.3 is 0 Å². The molecular weight excluding hydrogens is 143 g/mol. The zero-order chi connectivity index (χ0) is 9.99. The predicted octanol–water partition coefficient (Wildman–Crippen LogP) is 3.20. The third-order valence-corrected chi connectivity index (χ3v) is 2.20. The minimum Gasteiger partial charge on any atom is -0.0853 e. The Labute approximate surface area is 78.9 Å². The summed E-state index contributed by atoms with van der Waals surface area (Å²) in [7, 11) is 2.28. The van der Waals surface area contributed by atoms with Gasteiger partial charge in [-0.05, 0) is 18.8 Å². The fourth-order valence-electron chi connectivity index (χ4n) is 0.765. The van der Waals surface area contributed by atoms with Crippen LogP contribution in [0.3, 0.4) is 0 Å². The first-order chi connectivity index (χ1) is 5.13. The van der Waals surface area contributed by atoms with Crippen LogP contribution in [0.1, 0.15) is 48.0 Å². The smallest absolute Gasteiger partial charge is 0.0853 e. The van der Waals surface area contributed by atoms with Crippen molar-refractivity contribution in [2.45, 2.75) is 53.3 Å². The van der Waals surface area contributed by atoms with E-state index in [0.717, 1.165) is 0 Å². The molecule has 0 aliphatic carbocycles. The molecular formula is C11H23B. The normalized spacial score (nSPS) is 15.0. The van der Waals surface area contributed by atoms with E-state index in [-0.39, 0.29) is 0 Å². The van der Waals surface area contributed by atoms with Crippen LogP contribution in [-0.4, -0.2) is 7.85 Å². The van der Waals surface area contributed by atoms with Gasteiger partial charge in [0.2, 0.25) is 0 Å². The van der Waals surface area contributed by atoms with Gasteiger partial charge in [-0.25, -0.2) is 0 Å². The van der Waals surface area contributed by atoms with E-state index in [1.165, 1.54) is 12.0 Å². The molecule has 0 aliphatic rings. The van der Waals surface area contributed by atoms with E-state index in [9.17, 15) is 0 Å². The Balaban J connectivity index is 4.21. The minimum absolute atomic E-state index is 0.339. The van der Waals surface area contributed by atoms with Gasteiger partial charge in [0.05, 0.1) is 0 Å². The highest BCUT2D eigenvalue weighted by atomic mass is 14.2. The number of allylic oxidation sites excluding steroid dienone is 2. The lowest BCUT2D eigenvalue weighted by atomic mass is 9.69. The Bertz CT molecular complexity index is 164. The van der Waals surface area contributed by atoms with E-state index in [2.05, 4.69) is 55.5 Å². The fraction of sp³-hybridized carbons (Fsp3) is 0.818. The summed E-state index contributed by atoms with van der Waals surface area (Å²) < 4.78 is 0. The molecule has 0 atom stereocenters. The average molecular weight is 166 g/mol. The number of hydrogen-bond acceptors (Lipinski definition) is 0. The molecule has 0 spiro atoms. The molecule has 0 rings (SSSR count). The monoisotopic (exact) mass is 166 g/mol. The van der Waals surface area contributed by atoms with Gasteiger partial charge in [-0.15, -0.1) is 0 Å². The lowest BCUT2D eigenvalue weighted by Crippen LogP contribution is -2.08. The van der Waals surface area contributed by atoms with Crippen molar-refractivity contribution in [2.24, 2.45) is 5.41 Å². The number of rotatable bonds is 2. The summed E-state index contributed by atoms with van der Waals surface area (Å²) in [5.74, 6) is 0. The van der Waals surface area contributed by atoms with Crippen LogP contribution in [0.25, 0.3) is 0 Å². The Hall–Kier alpha value is -0.195. The molecule has 0 saturated heterocycles. The quantitative estimate of drug-likeness (QED) is 0.436. The average Bonchev–Trinajstić information content (AvgIpc) is 1.78. The van der Waals surface area contributed by atoms with Crippen LogP contribution in [0, 0.1) is 5.41 Å². The van der Waals surface area contributed by atoms with Gasteiger partial charge in [0, 0.05) is 0 Å². The summed E-state index contributed by atoms with van der Waals surface area (Å²) in [4.78, 5) is 0. The van der Waals surface area contributed by atoms with E-state index in [4.69, 9.17) is 0 Å². The molecule has 0 radical (unpaired) electrons. The Morgan fingerprint density at radius 1 is 1.17 bits per heavy atom. The van der Waals surface area contributed by atoms with Crippen molar-refractivity contribution in [3.63, 3.8) is 0 Å². The zero-order valence-electron chi connectivity index (χ0n) is 9.78. The standard InChI is InChI=1S/C11H23B/c1-9(10(2,3)4)7-8-11(5,6)12/h7H,8,12H2,1-6H3/b9-7+. The summed E-state index contributed by atoms with van der Waals surface area (Å²) >= 11 is 0. The fourth-order valence-corrected chi connectivity index (χ4v) is 0.765. The molecule has 0 saturated carbocycles. The highest BCUT2D eigenvalue weighted by Gasteiger charge is 2.14. The van der Waals surface area contributed by atoms with Crippen molar-refractivity contribution in [2.75, 3.05) is 0 Å². The minimum atomic E-state index is 0.339. The van der Waals surface area contributed by atoms with Gasteiger partial charge in [-0.2, -0.15) is 0 Å². The maximum Gasteiger partial charge on any atom is 0.109 e. The SMILES string of the molecule is BC(C)(C)C/C=C(\C)C(C)(C)C. The van der Waals surface area contributed by atoms with E-state index < -0.39 is 0 Å². The van der Waals surface area contributed by atoms with Crippen molar-refractivity contribution >= 4 is 7.85 Å². The summed E-state index contributed by atoms with van der Waals surface area (Å²) in [6, 6.07) is 0. The third-order valence-electron chi connectivity index (χ3n) is 2.20. The van der Waals surface area contributed by atoms with Crippen molar-refractivity contribution < 1.29 is 0 Å². The van der Waals surface area contributed by atoms with Crippen molar-refractivity contribution in [3.8, 4) is 0 Å². The molecule has 0 nitrogen and oxygen atoms in total. The lowest BCUT2D eigenvalue weighted by Gasteiger charge is -2.22. The van der Waals surface area contributed by atoms with Crippen molar-refractivity contribution in [1.82, 2.24) is 0 Å². The van der Waals surface area contributed by atoms with Gasteiger partial charge in [-0.1, -0.05) is 51.6 Å². The predicted molar refractivity (Wildman–Crippen MR) is 60.4 cm³/mol. The molecule has 0 heterocycles. The van der Waals surface area contributed by atoms with Crippen LogP contribution in [0.15, 0.2) is 11.6 Å². The first-order valence-corrected chi connectivity index (χ1v) is 4.80. The molecule has 0 aromatic rings. The van der Waals surface area contributed by atoms with Crippen molar-refractivity contribution in [1.29, 1.82) is 0 Å². The van der Waals surface area contributed by atoms with Crippen LogP contribution < -0.4 is 0 Å². The molecule has 0 unspecified atom stereocenters. The summed E-state index contributed by atoms with van der Waals surface area (Å²) in [5, 5.41) is 0.423. The van der Waals surface area contributed by atoms with E-state index >= 15 is 0 Å². The zero-order valence-corrected chi connectivity index (χ0v) is 9.78. The summed E-state index contributed by atoms with van der Waals surface area (Å²) in [6.45, 7) is 13.6. The third kappa shape index (κ3) is 5.45. The second-order valence-electron chi connectivity index (χ2n) is 5.90. The lowest BCUT2D eigenvalue weighted by molar-refractivity contribution is 0.498. The molecule has 1 heteroatoms. The van der Waals surface area contributed by atoms with Crippen molar-refractivity contribution in [3.05, 3.63) is 11.6 Å². The van der Waals surface area contributed by atoms with Crippen LogP contribution in [0.4, 0.5) is 0 Å². The Kier molecular flexibility index (Phi) is 3.62. The molecule has 0 bridgehead atoms. The van der Waals surface area contributed by atoms with Gasteiger partial charge < -0.3 is 0 Å². The first kappa shape index (κ1) is 11.8. The van der Waals surface area contributed by atoms with Gasteiger partial charge in [-0.3, -0.25) is 0 Å². The summed E-state index contributed by atoms with van der Waals surface area (Å²) in [6.07, 6.45) is 3.55.